The minimum Gasteiger partial charge on any atom is -0.321 e. The Balaban J connectivity index is 2.85. The van der Waals surface area contributed by atoms with Gasteiger partial charge >= 0.3 is 7.60 Å². The molecule has 2 N–H and O–H groups in total. The van der Waals surface area contributed by atoms with Crippen LogP contribution in [-0.2, 0) is 11.0 Å². The van der Waals surface area contributed by atoms with Crippen LogP contribution in [0.1, 0.15) is 25.3 Å². The zero-order valence-corrected chi connectivity index (χ0v) is 9.08. The molecule has 0 saturated carbocycles. The van der Waals surface area contributed by atoms with Crippen LogP contribution < -0.4 is 5.30 Å². The number of hydrogen-bond acceptors (Lipinski definition) is 1. The molecule has 0 amide bonds. The Morgan fingerprint density at radius 1 is 1.36 bits per heavy atom. The van der Waals surface area contributed by atoms with Gasteiger partial charge in [-0.25, -0.2) is 0 Å². The van der Waals surface area contributed by atoms with E-state index in [2.05, 4.69) is 6.92 Å². The maximum Gasteiger partial charge on any atom is 0.356 e. The van der Waals surface area contributed by atoms with Gasteiger partial charge in [0.15, 0.2) is 0 Å². The Morgan fingerprint density at radius 2 is 2.07 bits per heavy atom. The van der Waals surface area contributed by atoms with Crippen molar-refractivity contribution in [3.63, 3.8) is 0 Å². The van der Waals surface area contributed by atoms with Gasteiger partial charge in [0.1, 0.15) is 0 Å². The highest BCUT2D eigenvalue weighted by molar-refractivity contribution is 7.60. The molecule has 0 heterocycles. The molecule has 3 nitrogen and oxygen atoms in total. The van der Waals surface area contributed by atoms with E-state index >= 15 is 0 Å². The average Bonchev–Trinajstić information content (AvgIpc) is 2.14. The van der Waals surface area contributed by atoms with Crippen molar-refractivity contribution in [2.45, 2.75) is 26.2 Å². The van der Waals surface area contributed by atoms with Crippen molar-refractivity contribution in [1.29, 1.82) is 0 Å². The predicted octanol–water partition coefficient (Wildman–Crippen LogP) is 1.83. The minimum absolute atomic E-state index is 0.117. The standard InChI is InChI=1S/C10H15O3P/c1-2-3-5-9-6-4-7-10(8-9)14(11,12)13/h4,6-8H,2-3,5H2,1H3,(H2,11,12,13). The number of rotatable bonds is 4. The first-order valence-corrected chi connectivity index (χ1v) is 6.30. The van der Waals surface area contributed by atoms with E-state index in [0.717, 1.165) is 24.8 Å². The fraction of sp³-hybridized carbons (Fsp3) is 0.400. The summed E-state index contributed by atoms with van der Waals surface area (Å²) in [6.45, 7) is 2.09. The SMILES string of the molecule is CCCCc1cccc(P(=O)(O)O)c1. The van der Waals surface area contributed by atoms with Gasteiger partial charge in [0.05, 0.1) is 5.30 Å². The van der Waals surface area contributed by atoms with E-state index in [4.69, 9.17) is 9.79 Å². The van der Waals surface area contributed by atoms with Crippen LogP contribution >= 0.6 is 7.60 Å². The van der Waals surface area contributed by atoms with E-state index in [1.165, 1.54) is 6.07 Å². The highest BCUT2D eigenvalue weighted by atomic mass is 31.2. The van der Waals surface area contributed by atoms with Crippen LogP contribution in [0, 0.1) is 0 Å². The van der Waals surface area contributed by atoms with Crippen molar-refractivity contribution in [2.24, 2.45) is 0 Å². The van der Waals surface area contributed by atoms with Crippen LogP contribution in [0.15, 0.2) is 24.3 Å². The summed E-state index contributed by atoms with van der Waals surface area (Å²) >= 11 is 0. The first kappa shape index (κ1) is 11.4. The maximum absolute atomic E-state index is 11.0. The Labute approximate surface area is 83.9 Å². The highest BCUT2D eigenvalue weighted by Gasteiger charge is 2.16. The lowest BCUT2D eigenvalue weighted by Gasteiger charge is -2.06. The summed E-state index contributed by atoms with van der Waals surface area (Å²) in [7, 11) is -4.08. The van der Waals surface area contributed by atoms with Crippen molar-refractivity contribution < 1.29 is 14.4 Å². The highest BCUT2D eigenvalue weighted by Crippen LogP contribution is 2.33. The fourth-order valence-electron chi connectivity index (χ4n) is 1.27. The summed E-state index contributed by atoms with van der Waals surface area (Å²) in [5.74, 6) is 0. The third-order valence-electron chi connectivity index (χ3n) is 2.07. The number of unbranched alkanes of at least 4 members (excludes halogenated alkanes) is 1. The van der Waals surface area contributed by atoms with Crippen molar-refractivity contribution >= 4 is 12.9 Å². The smallest absolute Gasteiger partial charge is 0.321 e. The summed E-state index contributed by atoms with van der Waals surface area (Å²) < 4.78 is 11.0. The molecule has 0 saturated heterocycles. The third kappa shape index (κ3) is 3.26. The number of aryl methyl sites for hydroxylation is 1. The zero-order chi connectivity index (χ0) is 10.6. The molecule has 0 atom stereocenters. The molecule has 1 aromatic carbocycles. The summed E-state index contributed by atoms with van der Waals surface area (Å²) in [5, 5.41) is 0.117. The predicted molar refractivity (Wildman–Crippen MR) is 56.7 cm³/mol. The zero-order valence-electron chi connectivity index (χ0n) is 8.18. The topological polar surface area (TPSA) is 57.5 Å². The second kappa shape index (κ2) is 4.74. The molecule has 0 unspecified atom stereocenters. The molecule has 0 aliphatic heterocycles. The van der Waals surface area contributed by atoms with Crippen LogP contribution in [0.3, 0.4) is 0 Å². The average molecular weight is 214 g/mol. The lowest BCUT2D eigenvalue weighted by Crippen LogP contribution is -2.04. The maximum atomic E-state index is 11.0. The van der Waals surface area contributed by atoms with Crippen molar-refractivity contribution in [3.8, 4) is 0 Å². The van der Waals surface area contributed by atoms with Gasteiger partial charge in [0.2, 0.25) is 0 Å². The second-order valence-corrected chi connectivity index (χ2v) is 4.92. The van der Waals surface area contributed by atoms with Gasteiger partial charge in [-0.1, -0.05) is 25.5 Å². The normalized spacial score (nSPS) is 11.6. The van der Waals surface area contributed by atoms with E-state index in [-0.39, 0.29) is 5.30 Å². The van der Waals surface area contributed by atoms with E-state index in [9.17, 15) is 4.57 Å². The molecule has 0 radical (unpaired) electrons. The Bertz CT molecular complexity index is 343. The molecular weight excluding hydrogens is 199 g/mol. The first-order chi connectivity index (χ1) is 6.54. The van der Waals surface area contributed by atoms with Gasteiger partial charge in [-0.15, -0.1) is 0 Å². The minimum atomic E-state index is -4.08. The molecular formula is C10H15O3P. The summed E-state index contributed by atoms with van der Waals surface area (Å²) in [6.07, 6.45) is 3.01. The fourth-order valence-corrected chi connectivity index (χ4v) is 1.89. The molecule has 1 rings (SSSR count). The molecule has 4 heteroatoms. The molecule has 0 aromatic heterocycles. The largest absolute Gasteiger partial charge is 0.356 e. The van der Waals surface area contributed by atoms with E-state index in [1.54, 1.807) is 12.1 Å². The molecule has 0 aliphatic carbocycles. The van der Waals surface area contributed by atoms with Crippen molar-refractivity contribution in [2.75, 3.05) is 0 Å². The molecule has 0 fully saturated rings. The van der Waals surface area contributed by atoms with Crippen molar-refractivity contribution in [1.82, 2.24) is 0 Å². The Kier molecular flexibility index (Phi) is 3.87. The second-order valence-electron chi connectivity index (χ2n) is 3.32. The van der Waals surface area contributed by atoms with Crippen molar-refractivity contribution in [3.05, 3.63) is 29.8 Å². The van der Waals surface area contributed by atoms with E-state index in [1.807, 2.05) is 6.07 Å². The van der Waals surface area contributed by atoms with Crippen LogP contribution in [0.25, 0.3) is 0 Å². The van der Waals surface area contributed by atoms with Gasteiger partial charge < -0.3 is 9.79 Å². The van der Waals surface area contributed by atoms with Crippen LogP contribution in [0.5, 0.6) is 0 Å². The van der Waals surface area contributed by atoms with Crippen LogP contribution in [-0.4, -0.2) is 9.79 Å². The Morgan fingerprint density at radius 3 is 2.64 bits per heavy atom. The van der Waals surface area contributed by atoms with Crippen LogP contribution in [0.2, 0.25) is 0 Å². The third-order valence-corrected chi connectivity index (χ3v) is 3.02. The van der Waals surface area contributed by atoms with Gasteiger partial charge in [-0.3, -0.25) is 4.57 Å². The molecule has 1 aromatic rings. The summed E-state index contributed by atoms with van der Waals surface area (Å²) in [4.78, 5) is 17.9. The molecule has 0 bridgehead atoms. The van der Waals surface area contributed by atoms with Crippen LogP contribution in [0.4, 0.5) is 0 Å². The number of hydrogen-bond donors (Lipinski definition) is 2. The van der Waals surface area contributed by atoms with E-state index < -0.39 is 7.60 Å². The van der Waals surface area contributed by atoms with Gasteiger partial charge in [0, 0.05) is 0 Å². The summed E-state index contributed by atoms with van der Waals surface area (Å²) in [5.41, 5.74) is 0.993. The first-order valence-electron chi connectivity index (χ1n) is 4.69. The van der Waals surface area contributed by atoms with Gasteiger partial charge in [-0.05, 0) is 30.5 Å². The van der Waals surface area contributed by atoms with Gasteiger partial charge in [-0.2, -0.15) is 0 Å². The Hall–Kier alpha value is -0.630. The molecule has 0 spiro atoms. The molecule has 0 aliphatic rings. The molecule has 78 valence electrons. The summed E-state index contributed by atoms with van der Waals surface area (Å²) in [6, 6.07) is 6.65. The number of benzene rings is 1. The van der Waals surface area contributed by atoms with E-state index in [0.29, 0.717) is 0 Å². The molecule has 14 heavy (non-hydrogen) atoms. The quantitative estimate of drug-likeness (QED) is 0.752. The monoisotopic (exact) mass is 214 g/mol. The lowest BCUT2D eigenvalue weighted by atomic mass is 10.1. The van der Waals surface area contributed by atoms with Gasteiger partial charge in [0.25, 0.3) is 0 Å². The lowest BCUT2D eigenvalue weighted by molar-refractivity contribution is 0.387.